The van der Waals surface area contributed by atoms with E-state index < -0.39 is 11.2 Å². The van der Waals surface area contributed by atoms with Crippen LogP contribution >= 0.6 is 0 Å². The molecule has 0 spiro atoms. The van der Waals surface area contributed by atoms with Crippen LogP contribution in [0.5, 0.6) is 5.75 Å². The zero-order valence-corrected chi connectivity index (χ0v) is 15.8. The summed E-state index contributed by atoms with van der Waals surface area (Å²) < 4.78 is 11.0. The number of nitrogens with one attached hydrogen (secondary N) is 1. The van der Waals surface area contributed by atoms with Crippen molar-refractivity contribution in [2.45, 2.75) is 12.8 Å². The molecule has 148 valence electrons. The van der Waals surface area contributed by atoms with Gasteiger partial charge in [-0.2, -0.15) is 0 Å². The number of benzene rings is 3. The van der Waals surface area contributed by atoms with Gasteiger partial charge in [0.25, 0.3) is 11.6 Å². The summed E-state index contributed by atoms with van der Waals surface area (Å²) in [6, 6.07) is 22.5. The Morgan fingerprint density at radius 1 is 1.03 bits per heavy atom. The van der Waals surface area contributed by atoms with Gasteiger partial charge >= 0.3 is 0 Å². The van der Waals surface area contributed by atoms with Gasteiger partial charge in [-0.05, 0) is 29.8 Å². The van der Waals surface area contributed by atoms with Crippen LogP contribution in [0.3, 0.4) is 0 Å². The number of carbonyl (C=O) groups is 1. The molecule has 1 atom stereocenters. The van der Waals surface area contributed by atoms with Crippen LogP contribution in [0.4, 0.5) is 5.69 Å². The first-order chi connectivity index (χ1) is 14.1. The maximum absolute atomic E-state index is 12.5. The van der Waals surface area contributed by atoms with Gasteiger partial charge in [0.2, 0.25) is 0 Å². The fourth-order valence-electron chi connectivity index (χ4n) is 2.73. The van der Waals surface area contributed by atoms with E-state index in [2.05, 4.69) is 5.32 Å². The van der Waals surface area contributed by atoms with Crippen molar-refractivity contribution in [2.24, 2.45) is 0 Å². The number of non-ortho nitro benzene ring substituents is 1. The van der Waals surface area contributed by atoms with Crippen molar-refractivity contribution < 1.29 is 19.2 Å². The van der Waals surface area contributed by atoms with Crippen LogP contribution < -0.4 is 10.1 Å². The Kier molecular flexibility index (Phi) is 6.55. The lowest BCUT2D eigenvalue weighted by Gasteiger charge is -2.17. The Balaban J connectivity index is 1.63. The van der Waals surface area contributed by atoms with Crippen molar-refractivity contribution in [1.82, 2.24) is 5.32 Å². The Hall–Kier alpha value is -3.71. The maximum atomic E-state index is 12.5. The second-order valence-corrected chi connectivity index (χ2v) is 6.24. The summed E-state index contributed by atoms with van der Waals surface area (Å²) in [5.74, 6) is 0.283. The topological polar surface area (TPSA) is 90.7 Å². The molecule has 0 saturated carbocycles. The van der Waals surface area contributed by atoms with Crippen LogP contribution in [0, 0.1) is 10.1 Å². The zero-order valence-electron chi connectivity index (χ0n) is 15.8. The predicted octanol–water partition coefficient (Wildman–Crippen LogP) is 4.25. The van der Waals surface area contributed by atoms with Gasteiger partial charge < -0.3 is 14.8 Å². The molecule has 1 amide bonds. The molecule has 3 aromatic rings. The Labute approximate surface area is 168 Å². The van der Waals surface area contributed by atoms with Crippen LogP contribution in [0.15, 0.2) is 78.9 Å². The van der Waals surface area contributed by atoms with Crippen LogP contribution in [-0.4, -0.2) is 17.9 Å². The molecule has 7 heteroatoms. The summed E-state index contributed by atoms with van der Waals surface area (Å²) in [5, 5.41) is 13.7. The van der Waals surface area contributed by atoms with Crippen LogP contribution in [0.25, 0.3) is 0 Å². The highest BCUT2D eigenvalue weighted by molar-refractivity contribution is 5.94. The van der Waals surface area contributed by atoms with Crippen molar-refractivity contribution in [2.75, 3.05) is 7.11 Å². The Bertz CT molecular complexity index is 974. The first-order valence-electron chi connectivity index (χ1n) is 8.91. The van der Waals surface area contributed by atoms with E-state index in [1.807, 2.05) is 30.3 Å². The third-order valence-electron chi connectivity index (χ3n) is 4.25. The molecule has 3 aromatic carbocycles. The zero-order chi connectivity index (χ0) is 20.6. The van der Waals surface area contributed by atoms with E-state index >= 15 is 0 Å². The fraction of sp³-hybridized carbons (Fsp3) is 0.136. The van der Waals surface area contributed by atoms with E-state index in [0.717, 1.165) is 5.56 Å². The van der Waals surface area contributed by atoms with Gasteiger partial charge in [0.05, 0.1) is 4.92 Å². The first kappa shape index (κ1) is 20.0. The van der Waals surface area contributed by atoms with Gasteiger partial charge in [0.15, 0.2) is 6.23 Å². The summed E-state index contributed by atoms with van der Waals surface area (Å²) in [6.07, 6.45) is -0.809. The molecular weight excluding hydrogens is 372 g/mol. The largest absolute Gasteiger partial charge is 0.489 e. The lowest BCUT2D eigenvalue weighted by atomic mass is 10.1. The second-order valence-electron chi connectivity index (χ2n) is 6.24. The molecule has 0 radical (unpaired) electrons. The molecule has 0 saturated heterocycles. The maximum Gasteiger partial charge on any atom is 0.269 e. The lowest BCUT2D eigenvalue weighted by Crippen LogP contribution is -2.29. The van der Waals surface area contributed by atoms with Crippen LogP contribution in [0.1, 0.15) is 27.7 Å². The quantitative estimate of drug-likeness (QED) is 0.352. The number of nitro benzene ring substituents is 1. The van der Waals surface area contributed by atoms with E-state index in [1.165, 1.54) is 19.2 Å². The minimum absolute atomic E-state index is 0.0706. The molecular formula is C22H20N2O5. The van der Waals surface area contributed by atoms with Crippen LogP contribution in [-0.2, 0) is 11.3 Å². The molecule has 0 aromatic heterocycles. The van der Waals surface area contributed by atoms with Crippen molar-refractivity contribution in [1.29, 1.82) is 0 Å². The van der Waals surface area contributed by atoms with Gasteiger partial charge in [-0.3, -0.25) is 14.9 Å². The second kappa shape index (κ2) is 9.48. The van der Waals surface area contributed by atoms with Crippen LogP contribution in [0.2, 0.25) is 0 Å². The summed E-state index contributed by atoms with van der Waals surface area (Å²) in [4.78, 5) is 23.0. The monoisotopic (exact) mass is 392 g/mol. The van der Waals surface area contributed by atoms with E-state index in [9.17, 15) is 14.9 Å². The minimum atomic E-state index is -0.809. The normalized spacial score (nSPS) is 11.5. The average molecular weight is 392 g/mol. The van der Waals surface area contributed by atoms with Gasteiger partial charge in [-0.25, -0.2) is 0 Å². The lowest BCUT2D eigenvalue weighted by molar-refractivity contribution is -0.385. The molecule has 0 bridgehead atoms. The number of hydrogen-bond acceptors (Lipinski definition) is 5. The SMILES string of the molecule is COC(NC(=O)c1ccc(OCc2ccccc2)cc1)c1cccc([N+](=O)[O-])c1. The van der Waals surface area contributed by atoms with Gasteiger partial charge in [0.1, 0.15) is 12.4 Å². The summed E-state index contributed by atoms with van der Waals surface area (Å²) in [6.45, 7) is 0.435. The third-order valence-corrected chi connectivity index (χ3v) is 4.25. The minimum Gasteiger partial charge on any atom is -0.489 e. The first-order valence-corrected chi connectivity index (χ1v) is 8.91. The standard InChI is InChI=1S/C22H20N2O5/c1-28-22(18-8-5-9-19(14-18)24(26)27)23-21(25)17-10-12-20(13-11-17)29-15-16-6-3-2-4-7-16/h2-14,22H,15H2,1H3,(H,23,25). The highest BCUT2D eigenvalue weighted by Gasteiger charge is 2.17. The van der Waals surface area contributed by atoms with E-state index in [0.29, 0.717) is 23.5 Å². The average Bonchev–Trinajstić information content (AvgIpc) is 2.77. The molecule has 29 heavy (non-hydrogen) atoms. The van der Waals surface area contributed by atoms with Crippen molar-refractivity contribution in [3.05, 3.63) is 106 Å². The summed E-state index contributed by atoms with van der Waals surface area (Å²) >= 11 is 0. The number of rotatable bonds is 8. The molecule has 1 unspecified atom stereocenters. The molecule has 0 aliphatic carbocycles. The molecule has 1 N–H and O–H groups in total. The fourth-order valence-corrected chi connectivity index (χ4v) is 2.73. The van der Waals surface area contributed by atoms with Crippen molar-refractivity contribution in [3.63, 3.8) is 0 Å². The smallest absolute Gasteiger partial charge is 0.269 e. The molecule has 3 rings (SSSR count). The molecule has 7 nitrogen and oxygen atoms in total. The molecule has 0 aliphatic rings. The Morgan fingerprint density at radius 2 is 1.76 bits per heavy atom. The number of nitro groups is 1. The molecule has 0 fully saturated rings. The predicted molar refractivity (Wildman–Crippen MR) is 108 cm³/mol. The Morgan fingerprint density at radius 3 is 2.41 bits per heavy atom. The van der Waals surface area contributed by atoms with Gasteiger partial charge in [0, 0.05) is 30.4 Å². The van der Waals surface area contributed by atoms with Crippen molar-refractivity contribution >= 4 is 11.6 Å². The highest BCUT2D eigenvalue weighted by Crippen LogP contribution is 2.21. The summed E-state index contributed by atoms with van der Waals surface area (Å²) in [7, 11) is 1.42. The van der Waals surface area contributed by atoms with E-state index in [-0.39, 0.29) is 11.6 Å². The number of nitrogens with zero attached hydrogens (tertiary/aromatic N) is 1. The highest BCUT2D eigenvalue weighted by atomic mass is 16.6. The van der Waals surface area contributed by atoms with Gasteiger partial charge in [-0.15, -0.1) is 0 Å². The van der Waals surface area contributed by atoms with E-state index in [1.54, 1.807) is 36.4 Å². The number of carbonyl (C=O) groups excluding carboxylic acids is 1. The molecule has 0 aliphatic heterocycles. The van der Waals surface area contributed by atoms with Gasteiger partial charge in [-0.1, -0.05) is 42.5 Å². The van der Waals surface area contributed by atoms with E-state index in [4.69, 9.17) is 9.47 Å². The summed E-state index contributed by atoms with van der Waals surface area (Å²) in [5.41, 5.74) is 1.88. The number of methoxy groups -OCH3 is 1. The number of amides is 1. The number of hydrogen-bond donors (Lipinski definition) is 1. The number of ether oxygens (including phenoxy) is 2. The third kappa shape index (κ3) is 5.40. The van der Waals surface area contributed by atoms with Crippen molar-refractivity contribution in [3.8, 4) is 5.75 Å². The molecule has 0 heterocycles.